The molecule has 0 aromatic heterocycles. The summed E-state index contributed by atoms with van der Waals surface area (Å²) in [5, 5.41) is 0. The van der Waals surface area contributed by atoms with Gasteiger partial charge in [0, 0.05) is 13.1 Å². The summed E-state index contributed by atoms with van der Waals surface area (Å²) in [5.74, 6) is -1.11. The molecule has 2 N–H and O–H groups in total. The zero-order chi connectivity index (χ0) is 12.7. The van der Waals surface area contributed by atoms with Crippen LogP contribution >= 0.6 is 0 Å². The molecule has 0 aromatic carbocycles. The van der Waals surface area contributed by atoms with Crippen LogP contribution in [-0.4, -0.2) is 42.5 Å². The van der Waals surface area contributed by atoms with Crippen LogP contribution in [0.5, 0.6) is 0 Å². The number of hydrogen-bond acceptors (Lipinski definition) is 4. The van der Waals surface area contributed by atoms with Crippen LogP contribution in [0.2, 0.25) is 0 Å². The Kier molecular flexibility index (Phi) is 6.41. The Morgan fingerprint density at radius 2 is 2.00 bits per heavy atom. The van der Waals surface area contributed by atoms with Gasteiger partial charge in [0.25, 0.3) is 5.91 Å². The maximum absolute atomic E-state index is 11.8. The average Bonchev–Trinajstić information content (AvgIpc) is 2.23. The van der Waals surface area contributed by atoms with Crippen molar-refractivity contribution in [3.05, 3.63) is 12.2 Å². The van der Waals surface area contributed by atoms with Crippen LogP contribution in [0.15, 0.2) is 12.2 Å². The minimum Gasteiger partial charge on any atom is -0.464 e. The Balaban J connectivity index is 4.49. The molecule has 0 rings (SSSR count). The second-order valence-corrected chi connectivity index (χ2v) is 3.54. The molecule has 0 radical (unpaired) electrons. The molecule has 0 spiro atoms. The third-order valence-corrected chi connectivity index (χ3v) is 1.96. The van der Waals surface area contributed by atoms with Crippen molar-refractivity contribution in [1.29, 1.82) is 0 Å². The van der Waals surface area contributed by atoms with Crippen molar-refractivity contribution in [3.63, 3.8) is 0 Å². The van der Waals surface area contributed by atoms with Crippen LogP contribution in [0.1, 0.15) is 20.8 Å². The number of nitrogens with zero attached hydrogens (tertiary/aromatic N) is 1. The zero-order valence-corrected chi connectivity index (χ0v) is 10.2. The lowest BCUT2D eigenvalue weighted by atomic mass is 10.2. The van der Waals surface area contributed by atoms with Crippen LogP contribution in [0.25, 0.3) is 0 Å². The first-order valence-electron chi connectivity index (χ1n) is 5.29. The van der Waals surface area contributed by atoms with Crippen molar-refractivity contribution >= 4 is 11.9 Å². The van der Waals surface area contributed by atoms with Gasteiger partial charge in [-0.25, -0.2) is 4.79 Å². The van der Waals surface area contributed by atoms with E-state index in [9.17, 15) is 9.59 Å². The topological polar surface area (TPSA) is 72.6 Å². The highest BCUT2D eigenvalue weighted by Gasteiger charge is 2.27. The van der Waals surface area contributed by atoms with Crippen molar-refractivity contribution in [2.75, 3.05) is 19.7 Å². The van der Waals surface area contributed by atoms with Crippen molar-refractivity contribution in [2.24, 2.45) is 5.73 Å². The van der Waals surface area contributed by atoms with Crippen LogP contribution in [0.3, 0.4) is 0 Å². The molecule has 0 fully saturated rings. The van der Waals surface area contributed by atoms with Gasteiger partial charge in [-0.15, -0.1) is 0 Å². The highest BCUT2D eigenvalue weighted by atomic mass is 16.5. The van der Waals surface area contributed by atoms with Crippen LogP contribution in [0.4, 0.5) is 0 Å². The van der Waals surface area contributed by atoms with Gasteiger partial charge >= 0.3 is 5.97 Å². The summed E-state index contributed by atoms with van der Waals surface area (Å²) >= 11 is 0. The third kappa shape index (κ3) is 4.44. The number of amides is 1. The maximum atomic E-state index is 11.8. The molecule has 16 heavy (non-hydrogen) atoms. The SMILES string of the molecule is C=C(C)CN(CC)C(=O)C(N)C(=O)OCC. The highest BCUT2D eigenvalue weighted by Crippen LogP contribution is 2.00. The molecule has 1 amide bonds. The van der Waals surface area contributed by atoms with Gasteiger partial charge in [-0.05, 0) is 20.8 Å². The Morgan fingerprint density at radius 1 is 1.44 bits per heavy atom. The molecule has 5 heteroatoms. The quantitative estimate of drug-likeness (QED) is 0.403. The molecular weight excluding hydrogens is 208 g/mol. The zero-order valence-electron chi connectivity index (χ0n) is 10.2. The van der Waals surface area contributed by atoms with E-state index in [1.165, 1.54) is 4.90 Å². The van der Waals surface area contributed by atoms with E-state index in [2.05, 4.69) is 6.58 Å². The number of hydrogen-bond donors (Lipinski definition) is 1. The van der Waals surface area contributed by atoms with E-state index >= 15 is 0 Å². The number of likely N-dealkylation sites (N-methyl/N-ethyl adjacent to an activating group) is 1. The number of ether oxygens (including phenoxy) is 1. The number of esters is 1. The van der Waals surface area contributed by atoms with E-state index in [1.807, 2.05) is 13.8 Å². The predicted molar refractivity (Wildman–Crippen MR) is 61.7 cm³/mol. The van der Waals surface area contributed by atoms with Crippen molar-refractivity contribution < 1.29 is 14.3 Å². The van der Waals surface area contributed by atoms with Crippen LogP contribution in [0, 0.1) is 0 Å². The average molecular weight is 228 g/mol. The summed E-state index contributed by atoms with van der Waals surface area (Å²) in [4.78, 5) is 24.5. The minimum absolute atomic E-state index is 0.215. The number of carbonyl (C=O) groups is 2. The summed E-state index contributed by atoms with van der Waals surface area (Å²) < 4.78 is 4.69. The lowest BCUT2D eigenvalue weighted by Gasteiger charge is -2.23. The molecular formula is C11H20N2O3. The fourth-order valence-corrected chi connectivity index (χ4v) is 1.20. The van der Waals surface area contributed by atoms with E-state index in [4.69, 9.17) is 10.5 Å². The van der Waals surface area contributed by atoms with Gasteiger partial charge in [0.1, 0.15) is 0 Å². The lowest BCUT2D eigenvalue weighted by Crippen LogP contribution is -2.49. The van der Waals surface area contributed by atoms with Gasteiger partial charge in [-0.2, -0.15) is 0 Å². The van der Waals surface area contributed by atoms with Crippen LogP contribution < -0.4 is 5.73 Å². The standard InChI is InChI=1S/C11H20N2O3/c1-5-13(7-8(3)4)10(14)9(12)11(15)16-6-2/h9H,3,5-7,12H2,1-2,4H3. The summed E-state index contributed by atoms with van der Waals surface area (Å²) in [6.07, 6.45) is 0. The fraction of sp³-hybridized carbons (Fsp3) is 0.636. The van der Waals surface area contributed by atoms with Gasteiger partial charge in [0.05, 0.1) is 6.61 Å². The largest absolute Gasteiger partial charge is 0.464 e. The number of nitrogens with two attached hydrogens (primary N) is 1. The molecule has 0 aliphatic carbocycles. The van der Waals surface area contributed by atoms with Gasteiger partial charge < -0.3 is 15.4 Å². The van der Waals surface area contributed by atoms with Crippen molar-refractivity contribution in [1.82, 2.24) is 4.90 Å². The summed E-state index contributed by atoms with van der Waals surface area (Å²) in [6, 6.07) is -1.24. The molecule has 0 aromatic rings. The molecule has 0 saturated heterocycles. The maximum Gasteiger partial charge on any atom is 0.332 e. The minimum atomic E-state index is -1.24. The van der Waals surface area contributed by atoms with Gasteiger partial charge in [0.15, 0.2) is 6.04 Å². The van der Waals surface area contributed by atoms with Crippen molar-refractivity contribution in [3.8, 4) is 0 Å². The van der Waals surface area contributed by atoms with Crippen molar-refractivity contribution in [2.45, 2.75) is 26.8 Å². The van der Waals surface area contributed by atoms with Crippen LogP contribution in [-0.2, 0) is 14.3 Å². The molecule has 92 valence electrons. The first-order valence-corrected chi connectivity index (χ1v) is 5.29. The fourth-order valence-electron chi connectivity index (χ4n) is 1.20. The van der Waals surface area contributed by atoms with Gasteiger partial charge in [0.2, 0.25) is 0 Å². The Bertz CT molecular complexity index is 276. The molecule has 0 aliphatic heterocycles. The molecule has 0 heterocycles. The van der Waals surface area contributed by atoms with E-state index in [0.29, 0.717) is 13.1 Å². The third-order valence-electron chi connectivity index (χ3n) is 1.96. The Morgan fingerprint density at radius 3 is 2.38 bits per heavy atom. The molecule has 5 nitrogen and oxygen atoms in total. The smallest absolute Gasteiger partial charge is 0.332 e. The summed E-state index contributed by atoms with van der Waals surface area (Å²) in [7, 11) is 0. The van der Waals surface area contributed by atoms with Gasteiger partial charge in [-0.3, -0.25) is 4.79 Å². The number of carbonyl (C=O) groups excluding carboxylic acids is 2. The molecule has 1 unspecified atom stereocenters. The first kappa shape index (κ1) is 14.6. The molecule has 0 bridgehead atoms. The van der Waals surface area contributed by atoms with E-state index in [0.717, 1.165) is 5.57 Å². The molecule has 0 aliphatic rings. The molecule has 1 atom stereocenters. The van der Waals surface area contributed by atoms with E-state index in [-0.39, 0.29) is 6.61 Å². The first-order chi connectivity index (χ1) is 7.43. The second kappa shape index (κ2) is 7.00. The normalized spacial score (nSPS) is 11.8. The Hall–Kier alpha value is -1.36. The van der Waals surface area contributed by atoms with E-state index in [1.54, 1.807) is 6.92 Å². The summed E-state index contributed by atoms with van der Waals surface area (Å²) in [6.45, 7) is 10.1. The van der Waals surface area contributed by atoms with E-state index < -0.39 is 17.9 Å². The van der Waals surface area contributed by atoms with Gasteiger partial charge in [-0.1, -0.05) is 12.2 Å². The number of rotatable bonds is 6. The summed E-state index contributed by atoms with van der Waals surface area (Å²) in [5.41, 5.74) is 6.34. The Labute approximate surface area is 96.2 Å². The lowest BCUT2D eigenvalue weighted by molar-refractivity contribution is -0.150. The monoisotopic (exact) mass is 228 g/mol. The molecule has 0 saturated carbocycles. The second-order valence-electron chi connectivity index (χ2n) is 3.54. The predicted octanol–water partition coefficient (Wildman–Crippen LogP) is 0.301. The highest BCUT2D eigenvalue weighted by molar-refractivity contribution is 6.01.